The third kappa shape index (κ3) is 2.12. The van der Waals surface area contributed by atoms with Gasteiger partial charge in [-0.15, -0.1) is 0 Å². The predicted octanol–water partition coefficient (Wildman–Crippen LogP) is 2.09. The standard InChI is InChI=1S/C8H12N2S/c1-6(11-2)8-5-7(9)3-4-10-8/h3-6H,1-2H3,(H2,9,10)/t6-/m0/s1. The van der Waals surface area contributed by atoms with E-state index in [0.717, 1.165) is 11.4 Å². The van der Waals surface area contributed by atoms with E-state index in [-0.39, 0.29) is 0 Å². The number of anilines is 1. The summed E-state index contributed by atoms with van der Waals surface area (Å²) in [4.78, 5) is 4.21. The topological polar surface area (TPSA) is 38.9 Å². The minimum Gasteiger partial charge on any atom is -0.399 e. The first kappa shape index (κ1) is 8.40. The Bertz CT molecular complexity index is 237. The molecule has 0 saturated carbocycles. The summed E-state index contributed by atoms with van der Waals surface area (Å²) < 4.78 is 0. The molecule has 0 unspecified atom stereocenters. The van der Waals surface area contributed by atoms with Crippen LogP contribution in [-0.4, -0.2) is 11.2 Å². The van der Waals surface area contributed by atoms with Crippen LogP contribution >= 0.6 is 11.8 Å². The zero-order valence-electron chi connectivity index (χ0n) is 6.74. The maximum Gasteiger partial charge on any atom is 0.0551 e. The molecule has 1 aromatic rings. The number of hydrogen-bond donors (Lipinski definition) is 1. The van der Waals surface area contributed by atoms with Crippen molar-refractivity contribution in [1.29, 1.82) is 0 Å². The number of aromatic nitrogens is 1. The molecule has 0 amide bonds. The van der Waals surface area contributed by atoms with Gasteiger partial charge in [0.2, 0.25) is 0 Å². The van der Waals surface area contributed by atoms with E-state index in [9.17, 15) is 0 Å². The van der Waals surface area contributed by atoms with Crippen LogP contribution in [0.25, 0.3) is 0 Å². The number of nitrogens with two attached hydrogens (primary N) is 1. The summed E-state index contributed by atoms with van der Waals surface area (Å²) >= 11 is 1.77. The van der Waals surface area contributed by atoms with Crippen molar-refractivity contribution in [2.24, 2.45) is 0 Å². The molecule has 0 aliphatic rings. The Labute approximate surface area is 71.2 Å². The average molecular weight is 168 g/mol. The molecule has 3 heteroatoms. The summed E-state index contributed by atoms with van der Waals surface area (Å²) in [5.41, 5.74) is 7.44. The first-order valence-electron chi connectivity index (χ1n) is 3.48. The Kier molecular flexibility index (Phi) is 2.76. The van der Waals surface area contributed by atoms with Gasteiger partial charge in [-0.25, -0.2) is 0 Å². The first-order valence-corrected chi connectivity index (χ1v) is 4.77. The number of pyridine rings is 1. The molecule has 0 aromatic carbocycles. The summed E-state index contributed by atoms with van der Waals surface area (Å²) in [6.07, 6.45) is 3.81. The lowest BCUT2D eigenvalue weighted by Gasteiger charge is -2.06. The predicted molar refractivity (Wildman–Crippen MR) is 50.6 cm³/mol. The molecule has 0 aliphatic carbocycles. The van der Waals surface area contributed by atoms with Gasteiger partial charge in [0.25, 0.3) is 0 Å². The van der Waals surface area contributed by atoms with E-state index < -0.39 is 0 Å². The summed E-state index contributed by atoms with van der Waals surface area (Å²) in [6.45, 7) is 2.12. The van der Waals surface area contributed by atoms with Gasteiger partial charge in [-0.05, 0) is 25.3 Å². The van der Waals surface area contributed by atoms with Crippen molar-refractivity contribution in [3.8, 4) is 0 Å². The monoisotopic (exact) mass is 168 g/mol. The molecule has 1 rings (SSSR count). The van der Waals surface area contributed by atoms with Gasteiger partial charge in [0.05, 0.1) is 5.69 Å². The molecule has 2 N–H and O–H groups in total. The Morgan fingerprint density at radius 1 is 1.64 bits per heavy atom. The Balaban J connectivity index is 2.86. The van der Waals surface area contributed by atoms with Crippen LogP contribution in [0.3, 0.4) is 0 Å². The maximum absolute atomic E-state index is 5.60. The van der Waals surface area contributed by atoms with E-state index in [4.69, 9.17) is 5.73 Å². The highest BCUT2D eigenvalue weighted by Gasteiger charge is 2.03. The minimum absolute atomic E-state index is 0.429. The Morgan fingerprint density at radius 3 is 2.91 bits per heavy atom. The summed E-state index contributed by atoms with van der Waals surface area (Å²) in [7, 11) is 0. The number of hydrogen-bond acceptors (Lipinski definition) is 3. The zero-order chi connectivity index (χ0) is 8.27. The van der Waals surface area contributed by atoms with Crippen LogP contribution in [0, 0.1) is 0 Å². The average Bonchev–Trinajstić information content (AvgIpc) is 2.03. The fourth-order valence-corrected chi connectivity index (χ4v) is 1.18. The first-order chi connectivity index (χ1) is 5.24. The highest BCUT2D eigenvalue weighted by Crippen LogP contribution is 2.24. The van der Waals surface area contributed by atoms with Crippen molar-refractivity contribution < 1.29 is 0 Å². The van der Waals surface area contributed by atoms with Crippen molar-refractivity contribution in [2.75, 3.05) is 12.0 Å². The quantitative estimate of drug-likeness (QED) is 0.735. The van der Waals surface area contributed by atoms with Gasteiger partial charge in [-0.1, -0.05) is 0 Å². The molecule has 1 atom stereocenters. The molecule has 11 heavy (non-hydrogen) atoms. The van der Waals surface area contributed by atoms with Gasteiger partial charge in [0, 0.05) is 17.1 Å². The smallest absolute Gasteiger partial charge is 0.0551 e. The van der Waals surface area contributed by atoms with Crippen LogP contribution in [0.5, 0.6) is 0 Å². The van der Waals surface area contributed by atoms with Crippen LogP contribution in [0.4, 0.5) is 5.69 Å². The van der Waals surface area contributed by atoms with Crippen molar-refractivity contribution in [3.63, 3.8) is 0 Å². The third-order valence-electron chi connectivity index (χ3n) is 1.58. The van der Waals surface area contributed by atoms with Crippen LogP contribution in [0.2, 0.25) is 0 Å². The zero-order valence-corrected chi connectivity index (χ0v) is 7.56. The van der Waals surface area contributed by atoms with Crippen LogP contribution in [0.1, 0.15) is 17.9 Å². The summed E-state index contributed by atoms with van der Waals surface area (Å²) in [6, 6.07) is 3.72. The lowest BCUT2D eigenvalue weighted by atomic mass is 10.3. The van der Waals surface area contributed by atoms with Crippen LogP contribution in [0.15, 0.2) is 18.3 Å². The van der Waals surface area contributed by atoms with E-state index >= 15 is 0 Å². The second-order valence-electron chi connectivity index (χ2n) is 2.39. The number of nitrogens with zero attached hydrogens (tertiary/aromatic N) is 1. The SMILES string of the molecule is CS[C@@H](C)c1cc(N)ccn1. The Morgan fingerprint density at radius 2 is 2.36 bits per heavy atom. The van der Waals surface area contributed by atoms with Gasteiger partial charge in [0.1, 0.15) is 0 Å². The maximum atomic E-state index is 5.60. The fraction of sp³-hybridized carbons (Fsp3) is 0.375. The molecule has 2 nitrogen and oxygen atoms in total. The van der Waals surface area contributed by atoms with Crippen LogP contribution in [-0.2, 0) is 0 Å². The molecule has 1 aromatic heterocycles. The number of nitrogen functional groups attached to an aromatic ring is 1. The molecule has 0 bridgehead atoms. The molecular weight excluding hydrogens is 156 g/mol. The lowest BCUT2D eigenvalue weighted by molar-refractivity contribution is 1.01. The minimum atomic E-state index is 0.429. The van der Waals surface area contributed by atoms with E-state index in [1.165, 1.54) is 0 Å². The highest BCUT2D eigenvalue weighted by atomic mass is 32.2. The lowest BCUT2D eigenvalue weighted by Crippen LogP contribution is -1.94. The summed E-state index contributed by atoms with van der Waals surface area (Å²) in [5.74, 6) is 0. The second-order valence-corrected chi connectivity index (χ2v) is 3.57. The Hall–Kier alpha value is -0.700. The summed E-state index contributed by atoms with van der Waals surface area (Å²) in [5, 5.41) is 0.429. The largest absolute Gasteiger partial charge is 0.399 e. The van der Waals surface area contributed by atoms with Gasteiger partial charge in [-0.3, -0.25) is 4.98 Å². The molecule has 60 valence electrons. The fourth-order valence-electron chi connectivity index (χ4n) is 0.809. The normalized spacial score (nSPS) is 12.9. The van der Waals surface area contributed by atoms with E-state index in [2.05, 4.69) is 18.2 Å². The highest BCUT2D eigenvalue weighted by molar-refractivity contribution is 7.98. The van der Waals surface area contributed by atoms with Crippen molar-refractivity contribution >= 4 is 17.4 Å². The van der Waals surface area contributed by atoms with E-state index in [1.807, 2.05) is 6.07 Å². The van der Waals surface area contributed by atoms with Crippen molar-refractivity contribution in [3.05, 3.63) is 24.0 Å². The molecule has 0 spiro atoms. The molecule has 1 heterocycles. The molecular formula is C8H12N2S. The van der Waals surface area contributed by atoms with Crippen molar-refractivity contribution in [1.82, 2.24) is 4.98 Å². The van der Waals surface area contributed by atoms with Gasteiger partial charge < -0.3 is 5.73 Å². The number of thioether (sulfide) groups is 1. The number of rotatable bonds is 2. The third-order valence-corrected chi connectivity index (χ3v) is 2.52. The van der Waals surface area contributed by atoms with Gasteiger partial charge in [-0.2, -0.15) is 11.8 Å². The van der Waals surface area contributed by atoms with Crippen molar-refractivity contribution in [2.45, 2.75) is 12.2 Å². The molecule has 0 radical (unpaired) electrons. The van der Waals surface area contributed by atoms with Gasteiger partial charge in [0.15, 0.2) is 0 Å². The van der Waals surface area contributed by atoms with E-state index in [0.29, 0.717) is 5.25 Å². The van der Waals surface area contributed by atoms with Gasteiger partial charge >= 0.3 is 0 Å². The van der Waals surface area contributed by atoms with E-state index in [1.54, 1.807) is 24.0 Å². The van der Waals surface area contributed by atoms with Crippen LogP contribution < -0.4 is 5.73 Å². The molecule has 0 fully saturated rings. The molecule has 0 aliphatic heterocycles. The molecule has 0 saturated heterocycles. The second kappa shape index (κ2) is 3.62.